The van der Waals surface area contributed by atoms with Crippen LogP contribution in [0.3, 0.4) is 0 Å². The minimum atomic E-state index is -4.26. The fraction of sp³-hybridized carbons (Fsp3) is 0.316. The van der Waals surface area contributed by atoms with E-state index in [4.69, 9.17) is 4.74 Å². The number of hydrogen-bond donors (Lipinski definition) is 1. The van der Waals surface area contributed by atoms with Gasteiger partial charge in [-0.15, -0.1) is 11.8 Å². The van der Waals surface area contributed by atoms with Crippen LogP contribution in [-0.2, 0) is 32.6 Å². The third kappa shape index (κ3) is 9.41. The van der Waals surface area contributed by atoms with Crippen molar-refractivity contribution >= 4 is 39.3 Å². The van der Waals surface area contributed by atoms with Crippen molar-refractivity contribution in [2.45, 2.75) is 56.5 Å². The van der Waals surface area contributed by atoms with Crippen LogP contribution >= 0.6 is 11.8 Å². The molecule has 4 rings (SSSR count). The van der Waals surface area contributed by atoms with Crippen molar-refractivity contribution in [2.75, 3.05) is 30.3 Å². The van der Waals surface area contributed by atoms with Gasteiger partial charge in [0.1, 0.15) is 18.3 Å². The van der Waals surface area contributed by atoms with Gasteiger partial charge in [-0.1, -0.05) is 80.6 Å². The predicted molar refractivity (Wildman–Crippen MR) is 194 cm³/mol. The van der Waals surface area contributed by atoms with E-state index in [0.29, 0.717) is 18.9 Å². The first-order valence-electron chi connectivity index (χ1n) is 16.1. The van der Waals surface area contributed by atoms with Crippen LogP contribution in [0.25, 0.3) is 0 Å². The second kappa shape index (κ2) is 17.2. The molecule has 48 heavy (non-hydrogen) atoms. The summed E-state index contributed by atoms with van der Waals surface area (Å²) in [5, 5.41) is 3.03. The lowest BCUT2D eigenvalue weighted by Gasteiger charge is -2.34. The van der Waals surface area contributed by atoms with E-state index in [2.05, 4.69) is 5.32 Å². The van der Waals surface area contributed by atoms with Crippen molar-refractivity contribution in [3.8, 4) is 5.75 Å². The van der Waals surface area contributed by atoms with Crippen molar-refractivity contribution < 1.29 is 22.7 Å². The molecule has 0 spiro atoms. The van der Waals surface area contributed by atoms with Crippen LogP contribution in [0.15, 0.2) is 113 Å². The third-order valence-corrected chi connectivity index (χ3v) is 10.4. The molecule has 0 fully saturated rings. The van der Waals surface area contributed by atoms with Crippen LogP contribution in [0.5, 0.6) is 5.75 Å². The molecule has 4 aromatic carbocycles. The highest BCUT2D eigenvalue weighted by Crippen LogP contribution is 2.33. The van der Waals surface area contributed by atoms with Crippen LogP contribution in [0, 0.1) is 12.8 Å². The van der Waals surface area contributed by atoms with E-state index in [-0.39, 0.29) is 35.4 Å². The number of nitrogens with one attached hydrogen (secondary N) is 1. The Balaban J connectivity index is 1.84. The summed E-state index contributed by atoms with van der Waals surface area (Å²) in [6.07, 6.45) is 2.17. The number of carbonyl (C=O) groups excluding carboxylic acids is 2. The van der Waals surface area contributed by atoms with Crippen LogP contribution in [0.2, 0.25) is 0 Å². The lowest BCUT2D eigenvalue weighted by Crippen LogP contribution is -2.53. The molecule has 2 amide bonds. The molecule has 254 valence electrons. The summed E-state index contributed by atoms with van der Waals surface area (Å²) in [5.74, 6) is -0.293. The normalized spacial score (nSPS) is 12.0. The van der Waals surface area contributed by atoms with Crippen molar-refractivity contribution in [2.24, 2.45) is 5.92 Å². The van der Waals surface area contributed by atoms with E-state index < -0.39 is 28.5 Å². The predicted octanol–water partition coefficient (Wildman–Crippen LogP) is 6.72. The zero-order chi connectivity index (χ0) is 34.7. The van der Waals surface area contributed by atoms with E-state index >= 15 is 0 Å². The van der Waals surface area contributed by atoms with Gasteiger partial charge in [0.15, 0.2) is 0 Å². The molecule has 4 aromatic rings. The zero-order valence-corrected chi connectivity index (χ0v) is 29.9. The van der Waals surface area contributed by atoms with Gasteiger partial charge in [-0.2, -0.15) is 0 Å². The summed E-state index contributed by atoms with van der Waals surface area (Å²) in [5.41, 5.74) is 2.93. The molecule has 0 heterocycles. The number of amides is 2. The first kappa shape index (κ1) is 36.6. The molecule has 0 aliphatic heterocycles. The van der Waals surface area contributed by atoms with Crippen LogP contribution < -0.4 is 14.4 Å². The number of carbonyl (C=O) groups is 2. The summed E-state index contributed by atoms with van der Waals surface area (Å²) in [4.78, 5) is 31.2. The van der Waals surface area contributed by atoms with E-state index in [1.54, 1.807) is 48.5 Å². The van der Waals surface area contributed by atoms with Gasteiger partial charge in [0.25, 0.3) is 10.0 Å². The number of sulfonamides is 1. The smallest absolute Gasteiger partial charge is 0.264 e. The lowest BCUT2D eigenvalue weighted by atomic mass is 10.0. The standard InChI is InChI=1S/C38H45N3O5S2/c1-6-46-36-19-13-12-18-34(36)41(48(44,45)33-22-20-32(47-5)21-23-33)27-37(42)40(26-31-17-11-10-14-29(31)4)35(38(43)39-25-28(2)3)24-30-15-8-7-9-16-30/h7-23,28,35H,6,24-27H2,1-5H3,(H,39,43). The van der Waals surface area contributed by atoms with Gasteiger partial charge < -0.3 is 15.0 Å². The highest BCUT2D eigenvalue weighted by atomic mass is 32.2. The summed E-state index contributed by atoms with van der Waals surface area (Å²) >= 11 is 1.50. The molecule has 0 aliphatic rings. The maximum atomic E-state index is 14.8. The SMILES string of the molecule is CCOc1ccccc1N(CC(=O)N(Cc1ccccc1C)C(Cc1ccccc1)C(=O)NCC(C)C)S(=O)(=O)c1ccc(SC)cc1. The molecule has 10 heteroatoms. The van der Waals surface area contributed by atoms with E-state index in [1.807, 2.05) is 88.5 Å². The Morgan fingerprint density at radius 2 is 1.52 bits per heavy atom. The second-order valence-electron chi connectivity index (χ2n) is 11.9. The molecule has 1 unspecified atom stereocenters. The van der Waals surface area contributed by atoms with Crippen LogP contribution in [0.4, 0.5) is 5.69 Å². The number of aryl methyl sites for hydroxylation is 1. The minimum Gasteiger partial charge on any atom is -0.492 e. The van der Waals surface area contributed by atoms with Gasteiger partial charge in [-0.25, -0.2) is 8.42 Å². The highest BCUT2D eigenvalue weighted by molar-refractivity contribution is 7.98. The maximum absolute atomic E-state index is 14.8. The largest absolute Gasteiger partial charge is 0.492 e. The molecule has 1 N–H and O–H groups in total. The van der Waals surface area contributed by atoms with Gasteiger partial charge >= 0.3 is 0 Å². The monoisotopic (exact) mass is 687 g/mol. The van der Waals surface area contributed by atoms with Gasteiger partial charge in [-0.05, 0) is 79.1 Å². The quantitative estimate of drug-likeness (QED) is 0.131. The van der Waals surface area contributed by atoms with E-state index in [9.17, 15) is 18.0 Å². The molecule has 0 saturated heterocycles. The van der Waals surface area contributed by atoms with Gasteiger partial charge in [-0.3, -0.25) is 13.9 Å². The Morgan fingerprint density at radius 1 is 0.875 bits per heavy atom. The lowest BCUT2D eigenvalue weighted by molar-refractivity contribution is -0.140. The van der Waals surface area contributed by atoms with Crippen molar-refractivity contribution in [1.29, 1.82) is 0 Å². The Hall–Kier alpha value is -4.28. The van der Waals surface area contributed by atoms with Crippen molar-refractivity contribution in [3.63, 3.8) is 0 Å². The molecule has 0 aliphatic carbocycles. The zero-order valence-electron chi connectivity index (χ0n) is 28.3. The average Bonchev–Trinajstić information content (AvgIpc) is 3.09. The number of anilines is 1. The van der Waals surface area contributed by atoms with Gasteiger partial charge in [0.2, 0.25) is 11.8 Å². The first-order valence-corrected chi connectivity index (χ1v) is 18.8. The number of nitrogens with zero attached hydrogens (tertiary/aromatic N) is 2. The summed E-state index contributed by atoms with van der Waals surface area (Å²) in [7, 11) is -4.26. The Kier molecular flexibility index (Phi) is 13.1. The molecule has 0 aromatic heterocycles. The fourth-order valence-corrected chi connectivity index (χ4v) is 7.11. The number of rotatable bonds is 16. The van der Waals surface area contributed by atoms with Crippen molar-refractivity contribution in [3.05, 3.63) is 120 Å². The molecule has 0 radical (unpaired) electrons. The minimum absolute atomic E-state index is 0.0420. The van der Waals surface area contributed by atoms with E-state index in [0.717, 1.165) is 25.9 Å². The van der Waals surface area contributed by atoms with Crippen LogP contribution in [0.1, 0.15) is 37.5 Å². The molecular weight excluding hydrogens is 643 g/mol. The topological polar surface area (TPSA) is 96.0 Å². The van der Waals surface area contributed by atoms with Gasteiger partial charge in [0.05, 0.1) is 17.2 Å². The number of thioether (sulfide) groups is 1. The average molecular weight is 688 g/mol. The first-order chi connectivity index (χ1) is 23.0. The Morgan fingerprint density at radius 3 is 2.17 bits per heavy atom. The summed E-state index contributed by atoms with van der Waals surface area (Å²) in [6, 6.07) is 29.7. The van der Waals surface area contributed by atoms with Crippen molar-refractivity contribution in [1.82, 2.24) is 10.2 Å². The molecular formula is C38H45N3O5S2. The molecule has 8 nitrogen and oxygen atoms in total. The Bertz CT molecular complexity index is 1760. The second-order valence-corrected chi connectivity index (χ2v) is 14.6. The molecule has 1 atom stereocenters. The number of ether oxygens (including phenoxy) is 1. The fourth-order valence-electron chi connectivity index (χ4n) is 5.28. The van der Waals surface area contributed by atoms with Crippen LogP contribution in [-0.4, -0.2) is 57.1 Å². The van der Waals surface area contributed by atoms with E-state index in [1.165, 1.54) is 16.7 Å². The third-order valence-electron chi connectivity index (χ3n) is 7.92. The molecule has 0 saturated carbocycles. The summed E-state index contributed by atoms with van der Waals surface area (Å²) < 4.78 is 35.9. The highest BCUT2D eigenvalue weighted by Gasteiger charge is 2.35. The number of para-hydroxylation sites is 2. The number of benzene rings is 4. The van der Waals surface area contributed by atoms with Gasteiger partial charge in [0, 0.05) is 24.4 Å². The molecule has 0 bridgehead atoms. The number of hydrogen-bond acceptors (Lipinski definition) is 6. The summed E-state index contributed by atoms with van der Waals surface area (Å²) in [6.45, 7) is 8.08. The maximum Gasteiger partial charge on any atom is 0.264 e. The Labute approximate surface area is 289 Å².